The molecular formula is C31H48NO3+. The first-order valence-corrected chi connectivity index (χ1v) is 13.6. The number of carbonyl (C=O) groups is 1. The molecule has 194 valence electrons. The van der Waals surface area contributed by atoms with Gasteiger partial charge in [-0.3, -0.25) is 0 Å². The van der Waals surface area contributed by atoms with Crippen LogP contribution in [-0.2, 0) is 22.5 Å². The van der Waals surface area contributed by atoms with E-state index in [1.54, 1.807) is 0 Å². The molecule has 4 nitrogen and oxygen atoms in total. The Morgan fingerprint density at radius 1 is 0.857 bits per heavy atom. The number of carbonyl (C=O) groups excluding carboxylic acids is 1. The highest BCUT2D eigenvalue weighted by atomic mass is 16.6. The van der Waals surface area contributed by atoms with Crippen LogP contribution < -0.4 is 4.74 Å². The van der Waals surface area contributed by atoms with Crippen LogP contribution in [0, 0.1) is 0 Å². The molecule has 0 fully saturated rings. The molecule has 0 spiro atoms. The number of quaternary nitrogens is 1. The quantitative estimate of drug-likeness (QED) is 0.134. The Morgan fingerprint density at radius 2 is 1.49 bits per heavy atom. The predicted molar refractivity (Wildman–Crippen MR) is 146 cm³/mol. The first-order chi connectivity index (χ1) is 16.9. The molecule has 0 aromatic heterocycles. The molecule has 0 N–H and O–H groups in total. The van der Waals surface area contributed by atoms with E-state index in [1.807, 2.05) is 37.3 Å². The molecule has 0 bridgehead atoms. The Labute approximate surface area is 214 Å². The number of unbranched alkanes of at least 4 members (excludes halogenated alkanes) is 6. The van der Waals surface area contributed by atoms with Gasteiger partial charge in [-0.25, -0.2) is 4.79 Å². The van der Waals surface area contributed by atoms with E-state index in [1.165, 1.54) is 56.1 Å². The van der Waals surface area contributed by atoms with Crippen molar-refractivity contribution < 1.29 is 18.8 Å². The van der Waals surface area contributed by atoms with Gasteiger partial charge in [-0.1, -0.05) is 101 Å². The average Bonchev–Trinajstić information content (AvgIpc) is 2.83. The number of ether oxygens (including phenoxy) is 2. The van der Waals surface area contributed by atoms with Gasteiger partial charge in [0.2, 0.25) is 0 Å². The highest BCUT2D eigenvalue weighted by Gasteiger charge is 2.35. The van der Waals surface area contributed by atoms with Crippen molar-refractivity contribution in [1.29, 1.82) is 0 Å². The van der Waals surface area contributed by atoms with Crippen LogP contribution in [0.1, 0.15) is 83.3 Å². The van der Waals surface area contributed by atoms with Crippen LogP contribution in [-0.4, -0.2) is 43.3 Å². The largest absolute Gasteiger partial charge is 0.487 e. The van der Waals surface area contributed by atoms with Crippen molar-refractivity contribution in [2.24, 2.45) is 0 Å². The van der Waals surface area contributed by atoms with Crippen LogP contribution >= 0.6 is 0 Å². The molecule has 0 saturated heterocycles. The summed E-state index contributed by atoms with van der Waals surface area (Å²) in [5, 5.41) is 0. The van der Waals surface area contributed by atoms with E-state index in [0.29, 0.717) is 4.48 Å². The fraction of sp³-hybridized carbons (Fsp3) is 0.581. The number of hydrogen-bond donors (Lipinski definition) is 0. The maximum atomic E-state index is 13.0. The lowest BCUT2D eigenvalue weighted by molar-refractivity contribution is -0.919. The molecule has 4 heteroatoms. The number of benzene rings is 2. The minimum Gasteiger partial charge on any atom is -0.487 e. The Kier molecular flexibility index (Phi) is 12.9. The summed E-state index contributed by atoms with van der Waals surface area (Å²) in [4.78, 5) is 13.0. The zero-order valence-corrected chi connectivity index (χ0v) is 22.8. The molecule has 0 aliphatic carbocycles. The summed E-state index contributed by atoms with van der Waals surface area (Å²) in [6, 6.07) is 18.4. The molecule has 35 heavy (non-hydrogen) atoms. The van der Waals surface area contributed by atoms with Crippen molar-refractivity contribution in [2.45, 2.75) is 97.2 Å². The summed E-state index contributed by atoms with van der Waals surface area (Å²) < 4.78 is 12.5. The van der Waals surface area contributed by atoms with Crippen LogP contribution in [0.4, 0.5) is 0 Å². The van der Waals surface area contributed by atoms with Gasteiger partial charge < -0.3 is 14.0 Å². The molecule has 2 unspecified atom stereocenters. The van der Waals surface area contributed by atoms with E-state index in [4.69, 9.17) is 9.47 Å². The lowest BCUT2D eigenvalue weighted by Crippen LogP contribution is -2.52. The summed E-state index contributed by atoms with van der Waals surface area (Å²) >= 11 is 0. The van der Waals surface area contributed by atoms with Gasteiger partial charge in [0.25, 0.3) is 0 Å². The third-order valence-electron chi connectivity index (χ3n) is 6.75. The van der Waals surface area contributed by atoms with E-state index in [9.17, 15) is 4.79 Å². The van der Waals surface area contributed by atoms with Crippen molar-refractivity contribution in [1.82, 2.24) is 0 Å². The molecule has 2 aromatic carbocycles. The Hall–Kier alpha value is -2.33. The Balaban J connectivity index is 1.83. The molecule has 0 aliphatic heterocycles. The highest BCUT2D eigenvalue weighted by Crippen LogP contribution is 2.23. The van der Waals surface area contributed by atoms with Gasteiger partial charge in [0, 0.05) is 12.0 Å². The number of nitrogens with zero attached hydrogens (tertiary/aromatic N) is 1. The van der Waals surface area contributed by atoms with Gasteiger partial charge in [0.1, 0.15) is 25.0 Å². The zero-order valence-electron chi connectivity index (χ0n) is 22.8. The van der Waals surface area contributed by atoms with Crippen molar-refractivity contribution in [3.63, 3.8) is 0 Å². The maximum absolute atomic E-state index is 13.0. The number of aryl methyl sites for hydroxylation is 1. The van der Waals surface area contributed by atoms with Crippen LogP contribution in [0.5, 0.6) is 5.75 Å². The van der Waals surface area contributed by atoms with E-state index >= 15 is 0 Å². The van der Waals surface area contributed by atoms with Gasteiger partial charge in [-0.15, -0.1) is 0 Å². The molecule has 2 rings (SSSR count). The Morgan fingerprint density at radius 3 is 2.17 bits per heavy atom. The lowest BCUT2D eigenvalue weighted by atomic mass is 10.0. The summed E-state index contributed by atoms with van der Waals surface area (Å²) in [5.41, 5.74) is 2.46. The molecule has 0 amide bonds. The average molecular weight is 483 g/mol. The van der Waals surface area contributed by atoms with Crippen molar-refractivity contribution >= 4 is 5.97 Å². The highest BCUT2D eigenvalue weighted by molar-refractivity contribution is 5.74. The molecular weight excluding hydrogens is 434 g/mol. The summed E-state index contributed by atoms with van der Waals surface area (Å²) in [7, 11) is 4.20. The van der Waals surface area contributed by atoms with Crippen molar-refractivity contribution in [2.75, 3.05) is 20.7 Å². The van der Waals surface area contributed by atoms with Crippen LogP contribution in [0.15, 0.2) is 54.6 Å². The van der Waals surface area contributed by atoms with E-state index in [-0.39, 0.29) is 24.7 Å². The van der Waals surface area contributed by atoms with Gasteiger partial charge in [0.05, 0.1) is 14.1 Å². The second-order valence-electron chi connectivity index (χ2n) is 10.4. The second-order valence-corrected chi connectivity index (χ2v) is 10.4. The van der Waals surface area contributed by atoms with Gasteiger partial charge in [0.15, 0.2) is 6.04 Å². The molecule has 2 atom stereocenters. The number of para-hydroxylation sites is 1. The predicted octanol–water partition coefficient (Wildman–Crippen LogP) is 7.35. The molecule has 2 aromatic rings. The van der Waals surface area contributed by atoms with Gasteiger partial charge in [-0.05, 0) is 31.4 Å². The number of esters is 1. The van der Waals surface area contributed by atoms with Crippen molar-refractivity contribution in [3.05, 3.63) is 65.7 Å². The SMILES string of the molecule is CCCCCCCCCc1ccccc1OC(C)COC(=O)C(CC)[N+](C)(C)Cc1ccccc1. The summed E-state index contributed by atoms with van der Waals surface area (Å²) in [6.45, 7) is 7.32. The molecule has 0 aliphatic rings. The molecule has 0 heterocycles. The van der Waals surface area contributed by atoms with E-state index < -0.39 is 0 Å². The minimum absolute atomic E-state index is 0.153. The summed E-state index contributed by atoms with van der Waals surface area (Å²) in [6.07, 6.45) is 10.7. The first-order valence-electron chi connectivity index (χ1n) is 13.6. The minimum atomic E-state index is -0.216. The first kappa shape index (κ1) is 28.9. The number of hydrogen-bond acceptors (Lipinski definition) is 3. The fourth-order valence-corrected chi connectivity index (χ4v) is 4.75. The van der Waals surface area contributed by atoms with Crippen LogP contribution in [0.3, 0.4) is 0 Å². The summed E-state index contributed by atoms with van der Waals surface area (Å²) in [5.74, 6) is 0.759. The monoisotopic (exact) mass is 482 g/mol. The van der Waals surface area contributed by atoms with E-state index in [0.717, 1.165) is 25.1 Å². The van der Waals surface area contributed by atoms with Crippen LogP contribution in [0.25, 0.3) is 0 Å². The number of likely N-dealkylation sites (N-methyl/N-ethyl adjacent to an activating group) is 1. The third kappa shape index (κ3) is 10.4. The Bertz CT molecular complexity index is 849. The number of rotatable bonds is 17. The van der Waals surface area contributed by atoms with Gasteiger partial charge >= 0.3 is 5.97 Å². The van der Waals surface area contributed by atoms with E-state index in [2.05, 4.69) is 52.2 Å². The normalized spacial score (nSPS) is 13.3. The topological polar surface area (TPSA) is 35.5 Å². The second kappa shape index (κ2) is 15.6. The van der Waals surface area contributed by atoms with Crippen LogP contribution in [0.2, 0.25) is 0 Å². The lowest BCUT2D eigenvalue weighted by Gasteiger charge is -2.36. The standard InChI is InChI=1S/C31H48NO3/c1-6-8-9-10-11-12-16-21-28-22-17-18-23-30(28)35-26(3)25-34-31(33)29(7-2)32(4,5)24-27-19-14-13-15-20-27/h13-15,17-20,22-23,26,29H,6-12,16,21,24-25H2,1-5H3/q+1. The zero-order chi connectivity index (χ0) is 25.5. The van der Waals surface area contributed by atoms with Gasteiger partial charge in [-0.2, -0.15) is 0 Å². The third-order valence-corrected chi connectivity index (χ3v) is 6.75. The smallest absolute Gasteiger partial charge is 0.365 e. The fourth-order valence-electron chi connectivity index (χ4n) is 4.75. The molecule has 0 saturated carbocycles. The molecule has 0 radical (unpaired) electrons. The maximum Gasteiger partial charge on any atom is 0.365 e. The van der Waals surface area contributed by atoms with Crippen molar-refractivity contribution in [3.8, 4) is 5.75 Å².